The lowest BCUT2D eigenvalue weighted by Crippen LogP contribution is -2.27. The molecule has 0 aromatic heterocycles. The maximum Gasteiger partial charge on any atom is 0.425 e. The highest BCUT2D eigenvalue weighted by Crippen LogP contribution is 2.24. The molecule has 8 heavy (non-hydrogen) atoms. The normalized spacial score (nSPS) is 16.1. The molecule has 0 aromatic carbocycles. The molecule has 0 rings (SSSR count). The average molecular weight is 150 g/mol. The fourth-order valence-corrected chi connectivity index (χ4v) is 0.0797. The van der Waals surface area contributed by atoms with Gasteiger partial charge in [0, 0.05) is 0 Å². The molecule has 0 saturated carbocycles. The lowest BCUT2D eigenvalue weighted by atomic mass is 10.7. The van der Waals surface area contributed by atoms with E-state index in [1.807, 2.05) is 0 Å². The summed E-state index contributed by atoms with van der Waals surface area (Å²) in [6.07, 6.45) is -4.30. The van der Waals surface area contributed by atoms with Gasteiger partial charge in [-0.25, -0.2) is 9.65 Å². The van der Waals surface area contributed by atoms with Gasteiger partial charge in [-0.15, -0.1) is 0 Å². The lowest BCUT2D eigenvalue weighted by Gasteiger charge is -2.09. The van der Waals surface area contributed by atoms with E-state index in [9.17, 15) is 13.2 Å². The number of hydrogen-bond acceptors (Lipinski definition) is 2. The number of rotatable bonds is 2. The molecule has 0 saturated heterocycles. The van der Waals surface area contributed by atoms with Crippen LogP contribution in [0.3, 0.4) is 0 Å². The molecule has 0 spiro atoms. The summed E-state index contributed by atoms with van der Waals surface area (Å²) in [5, 5.41) is 7.19. The fourth-order valence-electron chi connectivity index (χ4n) is 0.0398. The molecular weight excluding hydrogens is 148 g/mol. The Balaban J connectivity index is 3.71. The van der Waals surface area contributed by atoms with E-state index in [-0.39, 0.29) is 0 Å². The summed E-state index contributed by atoms with van der Waals surface area (Å²) in [6.45, 7) is 0. The van der Waals surface area contributed by atoms with Gasteiger partial charge < -0.3 is 0 Å². The average Bonchev–Trinajstić information content (AvgIpc) is 1.67. The van der Waals surface area contributed by atoms with E-state index >= 15 is 0 Å². The van der Waals surface area contributed by atoms with Crippen LogP contribution in [0.25, 0.3) is 0 Å². The van der Waals surface area contributed by atoms with Crippen molar-refractivity contribution >= 4 is 11.6 Å². The van der Waals surface area contributed by atoms with Crippen molar-refractivity contribution in [2.45, 2.75) is 11.7 Å². The van der Waals surface area contributed by atoms with Crippen LogP contribution in [0.15, 0.2) is 0 Å². The number of alkyl halides is 4. The molecule has 1 atom stereocenters. The van der Waals surface area contributed by atoms with Crippen LogP contribution in [0.2, 0.25) is 0 Å². The zero-order chi connectivity index (χ0) is 6.78. The van der Waals surface area contributed by atoms with Gasteiger partial charge >= 0.3 is 6.11 Å². The SMILES string of the molecule is OOC(F)(F)C(F)Cl. The Morgan fingerprint density at radius 3 is 2.00 bits per heavy atom. The third-order valence-corrected chi connectivity index (χ3v) is 0.630. The van der Waals surface area contributed by atoms with Crippen molar-refractivity contribution in [3.63, 3.8) is 0 Å². The minimum atomic E-state index is -4.30. The summed E-state index contributed by atoms with van der Waals surface area (Å²) in [6, 6.07) is 0. The standard InChI is InChI=1S/C2H2ClF3O2/c3-1(4)2(5,6)8-7/h1,7H. The maximum atomic E-state index is 11.3. The first kappa shape index (κ1) is 8.00. The van der Waals surface area contributed by atoms with Crippen LogP contribution in [-0.2, 0) is 4.89 Å². The van der Waals surface area contributed by atoms with Crippen LogP contribution in [0.1, 0.15) is 0 Å². The molecule has 0 aliphatic heterocycles. The fraction of sp³-hybridized carbons (Fsp3) is 1.00. The summed E-state index contributed by atoms with van der Waals surface area (Å²) < 4.78 is 33.8. The van der Waals surface area contributed by atoms with Crippen LogP contribution in [0, 0.1) is 0 Å². The maximum absolute atomic E-state index is 11.3. The summed E-state index contributed by atoms with van der Waals surface area (Å²) in [5.41, 5.74) is -3.02. The van der Waals surface area contributed by atoms with Crippen molar-refractivity contribution < 1.29 is 23.3 Å². The van der Waals surface area contributed by atoms with Gasteiger partial charge in [-0.05, 0) is 0 Å². The van der Waals surface area contributed by atoms with Gasteiger partial charge in [-0.2, -0.15) is 13.7 Å². The molecule has 0 bridgehead atoms. The van der Waals surface area contributed by atoms with Gasteiger partial charge in [0.05, 0.1) is 0 Å². The zero-order valence-electron chi connectivity index (χ0n) is 3.44. The van der Waals surface area contributed by atoms with Gasteiger partial charge in [0.2, 0.25) is 0 Å². The second-order valence-corrected chi connectivity index (χ2v) is 1.34. The molecular formula is C2H2ClF3O2. The lowest BCUT2D eigenvalue weighted by molar-refractivity contribution is -0.421. The molecule has 0 aromatic rings. The molecule has 0 radical (unpaired) electrons. The third-order valence-electron chi connectivity index (χ3n) is 0.376. The van der Waals surface area contributed by atoms with Gasteiger partial charge in [0.15, 0.2) is 0 Å². The van der Waals surface area contributed by atoms with E-state index in [0.29, 0.717) is 0 Å². The topological polar surface area (TPSA) is 29.5 Å². The van der Waals surface area contributed by atoms with Crippen molar-refractivity contribution in [1.29, 1.82) is 0 Å². The zero-order valence-corrected chi connectivity index (χ0v) is 4.20. The van der Waals surface area contributed by atoms with E-state index in [0.717, 1.165) is 0 Å². The van der Waals surface area contributed by atoms with Gasteiger partial charge in [0.25, 0.3) is 5.63 Å². The summed E-state index contributed by atoms with van der Waals surface area (Å²) in [5.74, 6) is 0. The Hall–Kier alpha value is -0.0000000000000000555. The molecule has 0 amide bonds. The predicted octanol–water partition coefficient (Wildman–Crippen LogP) is 1.60. The monoisotopic (exact) mass is 150 g/mol. The van der Waals surface area contributed by atoms with Gasteiger partial charge in [0.1, 0.15) is 0 Å². The van der Waals surface area contributed by atoms with Gasteiger partial charge in [-0.1, -0.05) is 11.6 Å². The third kappa shape index (κ3) is 1.85. The first-order valence-corrected chi connectivity index (χ1v) is 1.93. The second kappa shape index (κ2) is 2.52. The molecule has 6 heteroatoms. The Labute approximate surface area is 47.7 Å². The van der Waals surface area contributed by atoms with Crippen LogP contribution < -0.4 is 0 Å². The van der Waals surface area contributed by atoms with Crippen molar-refractivity contribution in [2.75, 3.05) is 0 Å². The highest BCUT2D eigenvalue weighted by molar-refractivity contribution is 6.20. The Bertz CT molecular complexity index is 75.7. The van der Waals surface area contributed by atoms with Crippen molar-refractivity contribution in [1.82, 2.24) is 0 Å². The minimum absolute atomic E-state index is 2.36. The van der Waals surface area contributed by atoms with Crippen molar-refractivity contribution in [2.24, 2.45) is 0 Å². The Morgan fingerprint density at radius 2 is 2.00 bits per heavy atom. The van der Waals surface area contributed by atoms with Crippen LogP contribution >= 0.6 is 11.6 Å². The van der Waals surface area contributed by atoms with Crippen LogP contribution in [-0.4, -0.2) is 17.0 Å². The second-order valence-electron chi connectivity index (χ2n) is 0.954. The molecule has 0 aliphatic rings. The van der Waals surface area contributed by atoms with E-state index in [4.69, 9.17) is 5.26 Å². The molecule has 2 nitrogen and oxygen atoms in total. The smallest absolute Gasteiger partial charge is 0.246 e. The van der Waals surface area contributed by atoms with E-state index in [2.05, 4.69) is 16.5 Å². The Kier molecular flexibility index (Phi) is 2.52. The van der Waals surface area contributed by atoms with Crippen LogP contribution in [0.5, 0.6) is 0 Å². The Morgan fingerprint density at radius 1 is 1.62 bits per heavy atom. The van der Waals surface area contributed by atoms with E-state index < -0.39 is 11.7 Å². The quantitative estimate of drug-likeness (QED) is 0.368. The highest BCUT2D eigenvalue weighted by atomic mass is 35.5. The first-order valence-electron chi connectivity index (χ1n) is 1.49. The van der Waals surface area contributed by atoms with E-state index in [1.54, 1.807) is 0 Å². The molecule has 50 valence electrons. The highest BCUT2D eigenvalue weighted by Gasteiger charge is 2.40. The summed E-state index contributed by atoms with van der Waals surface area (Å²) in [4.78, 5) is 2.36. The van der Waals surface area contributed by atoms with Crippen LogP contribution in [0.4, 0.5) is 13.2 Å². The minimum Gasteiger partial charge on any atom is -0.246 e. The van der Waals surface area contributed by atoms with Gasteiger partial charge in [-0.3, -0.25) is 0 Å². The molecule has 0 aliphatic carbocycles. The largest absolute Gasteiger partial charge is 0.425 e. The van der Waals surface area contributed by atoms with Crippen molar-refractivity contribution in [3.8, 4) is 0 Å². The van der Waals surface area contributed by atoms with E-state index in [1.165, 1.54) is 0 Å². The first-order chi connectivity index (χ1) is 3.50. The summed E-state index contributed by atoms with van der Waals surface area (Å²) >= 11 is 4.17. The molecule has 1 N–H and O–H groups in total. The van der Waals surface area contributed by atoms with Crippen molar-refractivity contribution in [3.05, 3.63) is 0 Å². The summed E-state index contributed by atoms with van der Waals surface area (Å²) in [7, 11) is 0. The molecule has 1 unspecified atom stereocenters. The predicted molar refractivity (Wildman–Crippen MR) is 19.4 cm³/mol. The molecule has 0 heterocycles. The number of halogens is 4. The number of hydrogen-bond donors (Lipinski definition) is 1. The molecule has 0 fully saturated rings.